The van der Waals surface area contributed by atoms with Crippen molar-refractivity contribution in [2.24, 2.45) is 0 Å². The van der Waals surface area contributed by atoms with Gasteiger partial charge in [-0.2, -0.15) is 0 Å². The second-order valence-electron chi connectivity index (χ2n) is 7.79. The van der Waals surface area contributed by atoms with Crippen molar-refractivity contribution in [3.63, 3.8) is 0 Å². The summed E-state index contributed by atoms with van der Waals surface area (Å²) in [6.45, 7) is 1.74. The van der Waals surface area contributed by atoms with Gasteiger partial charge in [-0.1, -0.05) is 42.5 Å². The number of methoxy groups -OCH3 is 1. The molecule has 0 unspecified atom stereocenters. The van der Waals surface area contributed by atoms with Crippen molar-refractivity contribution in [2.45, 2.75) is 26.0 Å². The van der Waals surface area contributed by atoms with Gasteiger partial charge >= 0.3 is 0 Å². The van der Waals surface area contributed by atoms with Gasteiger partial charge in [0.2, 0.25) is 5.91 Å². The third-order valence-electron chi connectivity index (χ3n) is 5.59. The van der Waals surface area contributed by atoms with Crippen LogP contribution in [0.2, 0.25) is 0 Å². The number of thiophene rings is 1. The summed E-state index contributed by atoms with van der Waals surface area (Å²) in [5, 5.41) is 6.68. The highest BCUT2D eigenvalue weighted by Crippen LogP contribution is 2.37. The first-order valence-electron chi connectivity index (χ1n) is 10.7. The van der Waals surface area contributed by atoms with Gasteiger partial charge in [0.05, 0.1) is 5.39 Å². The van der Waals surface area contributed by atoms with E-state index in [-0.39, 0.29) is 5.91 Å². The number of hydrogen-bond donors (Lipinski definition) is 1. The van der Waals surface area contributed by atoms with E-state index in [0.29, 0.717) is 25.4 Å². The maximum absolute atomic E-state index is 12.1. The summed E-state index contributed by atoms with van der Waals surface area (Å²) >= 11 is 1.61. The molecule has 0 spiro atoms. The van der Waals surface area contributed by atoms with Crippen LogP contribution in [0.4, 0.5) is 11.5 Å². The van der Waals surface area contributed by atoms with Crippen molar-refractivity contribution >= 4 is 39.0 Å². The molecular weight excluding hydrogens is 420 g/mol. The third kappa shape index (κ3) is 4.09. The van der Waals surface area contributed by atoms with E-state index >= 15 is 0 Å². The van der Waals surface area contributed by atoms with Gasteiger partial charge in [0, 0.05) is 43.3 Å². The molecule has 0 bridgehead atoms. The monoisotopic (exact) mass is 444 g/mol. The average molecular weight is 445 g/mol. The Balaban J connectivity index is 1.48. The van der Waals surface area contributed by atoms with Gasteiger partial charge in [-0.05, 0) is 29.7 Å². The molecule has 0 saturated carbocycles. The predicted molar refractivity (Wildman–Crippen MR) is 129 cm³/mol. The first-order valence-corrected chi connectivity index (χ1v) is 11.6. The summed E-state index contributed by atoms with van der Waals surface area (Å²) in [5.74, 6) is 1.65. The normalized spacial score (nSPS) is 13.8. The lowest BCUT2D eigenvalue weighted by molar-refractivity contribution is -0.117. The van der Waals surface area contributed by atoms with Crippen LogP contribution in [-0.2, 0) is 22.7 Å². The van der Waals surface area contributed by atoms with Crippen molar-refractivity contribution in [1.82, 2.24) is 9.97 Å². The summed E-state index contributed by atoms with van der Waals surface area (Å²) in [5.41, 5.74) is 4.31. The van der Waals surface area contributed by atoms with Crippen molar-refractivity contribution in [3.8, 4) is 11.1 Å². The molecule has 1 aliphatic rings. The molecule has 1 aliphatic heterocycles. The maximum atomic E-state index is 12.1. The summed E-state index contributed by atoms with van der Waals surface area (Å²) < 4.78 is 5.28. The number of carbonyl (C=O) groups is 1. The number of carbonyl (C=O) groups excluding carboxylic acids is 1. The Morgan fingerprint density at radius 3 is 2.78 bits per heavy atom. The van der Waals surface area contributed by atoms with Crippen molar-refractivity contribution in [1.29, 1.82) is 0 Å². The molecule has 2 aromatic heterocycles. The highest BCUT2D eigenvalue weighted by atomic mass is 32.1. The molecule has 0 radical (unpaired) electrons. The second-order valence-corrected chi connectivity index (χ2v) is 8.65. The fourth-order valence-corrected chi connectivity index (χ4v) is 5.04. The van der Waals surface area contributed by atoms with Crippen molar-refractivity contribution in [3.05, 3.63) is 71.4 Å². The van der Waals surface area contributed by atoms with E-state index in [4.69, 9.17) is 14.7 Å². The Morgan fingerprint density at radius 1 is 1.12 bits per heavy atom. The van der Waals surface area contributed by atoms with Crippen LogP contribution in [-0.4, -0.2) is 29.5 Å². The van der Waals surface area contributed by atoms with Crippen LogP contribution in [0.25, 0.3) is 21.3 Å². The smallest absolute Gasteiger partial charge is 0.227 e. The van der Waals surface area contributed by atoms with E-state index in [1.165, 1.54) is 0 Å². The summed E-state index contributed by atoms with van der Waals surface area (Å²) in [6, 6.07) is 18.4. The quantitative estimate of drug-likeness (QED) is 0.422. The van der Waals surface area contributed by atoms with Crippen LogP contribution < -0.4 is 10.2 Å². The van der Waals surface area contributed by atoms with E-state index in [1.807, 2.05) is 35.2 Å². The Kier molecular flexibility index (Phi) is 5.83. The summed E-state index contributed by atoms with van der Waals surface area (Å²) in [7, 11) is 1.65. The number of benzene rings is 2. The van der Waals surface area contributed by atoms with Crippen LogP contribution in [0.15, 0.2) is 60.0 Å². The fourth-order valence-electron chi connectivity index (χ4n) is 4.08. The Hall–Kier alpha value is -3.29. The highest BCUT2D eigenvalue weighted by Gasteiger charge is 2.22. The zero-order valence-electron chi connectivity index (χ0n) is 17.9. The van der Waals surface area contributed by atoms with Crippen LogP contribution in [0.1, 0.15) is 24.2 Å². The van der Waals surface area contributed by atoms with E-state index < -0.39 is 0 Å². The zero-order chi connectivity index (χ0) is 21.9. The summed E-state index contributed by atoms with van der Waals surface area (Å²) in [4.78, 5) is 24.4. The maximum Gasteiger partial charge on any atom is 0.227 e. The Labute approximate surface area is 190 Å². The highest BCUT2D eigenvalue weighted by molar-refractivity contribution is 7.17. The van der Waals surface area contributed by atoms with Gasteiger partial charge in [-0.3, -0.25) is 4.79 Å². The lowest BCUT2D eigenvalue weighted by Crippen LogP contribution is -2.23. The number of aromatic nitrogens is 2. The number of fused-ring (bicyclic) bond motifs is 1. The number of anilines is 2. The Morgan fingerprint density at radius 2 is 2.00 bits per heavy atom. The molecule has 1 amide bonds. The van der Waals surface area contributed by atoms with Gasteiger partial charge in [0.15, 0.2) is 5.82 Å². The summed E-state index contributed by atoms with van der Waals surface area (Å²) in [6.07, 6.45) is 1.55. The van der Waals surface area contributed by atoms with Gasteiger partial charge in [-0.15, -0.1) is 11.3 Å². The molecule has 5 rings (SSSR count). The topological polar surface area (TPSA) is 67.3 Å². The van der Waals surface area contributed by atoms with Gasteiger partial charge in [-0.25, -0.2) is 9.97 Å². The number of nitrogens with one attached hydrogen (secondary N) is 1. The third-order valence-corrected chi connectivity index (χ3v) is 6.47. The van der Waals surface area contributed by atoms with Gasteiger partial charge < -0.3 is 15.0 Å². The largest absolute Gasteiger partial charge is 0.377 e. The SMILES string of the molecule is COCc1nc(NCc2cccc(N3CCCC3=O)c2)c2c(-c3ccccc3)csc2n1. The molecule has 7 heteroatoms. The molecule has 1 N–H and O–H groups in total. The molecule has 1 fully saturated rings. The zero-order valence-corrected chi connectivity index (χ0v) is 18.7. The van der Waals surface area contributed by atoms with E-state index in [9.17, 15) is 4.79 Å². The van der Waals surface area contributed by atoms with Crippen LogP contribution in [0.5, 0.6) is 0 Å². The molecule has 1 saturated heterocycles. The number of nitrogens with zero attached hydrogens (tertiary/aromatic N) is 3. The standard InChI is InChI=1S/C25H24N4O2S/c1-31-15-21-27-24(23-20(16-32-25(23)28-21)18-8-3-2-4-9-18)26-14-17-7-5-10-19(13-17)29-12-6-11-22(29)30/h2-5,7-10,13,16H,6,11-12,14-15H2,1H3,(H,26,27,28). The molecule has 32 heavy (non-hydrogen) atoms. The van der Waals surface area contributed by atoms with Crippen LogP contribution >= 0.6 is 11.3 Å². The van der Waals surface area contributed by atoms with Crippen molar-refractivity contribution < 1.29 is 9.53 Å². The van der Waals surface area contributed by atoms with E-state index in [2.05, 4.69) is 35.0 Å². The lowest BCUT2D eigenvalue weighted by atomic mass is 10.1. The predicted octanol–water partition coefficient (Wildman–Crippen LogP) is 5.24. The number of hydrogen-bond acceptors (Lipinski definition) is 6. The first-order chi connectivity index (χ1) is 15.7. The lowest BCUT2D eigenvalue weighted by Gasteiger charge is -2.17. The van der Waals surface area contributed by atoms with Crippen LogP contribution in [0, 0.1) is 0 Å². The average Bonchev–Trinajstić information content (AvgIpc) is 3.45. The molecule has 162 valence electrons. The minimum Gasteiger partial charge on any atom is -0.377 e. The Bertz CT molecular complexity index is 1260. The minimum atomic E-state index is 0.197. The second kappa shape index (κ2) is 9.06. The molecule has 0 aliphatic carbocycles. The molecule has 2 aromatic carbocycles. The van der Waals surface area contributed by atoms with Crippen LogP contribution in [0.3, 0.4) is 0 Å². The molecule has 6 nitrogen and oxygen atoms in total. The number of amides is 1. The first kappa shape index (κ1) is 20.6. The van der Waals surface area contributed by atoms with E-state index in [0.717, 1.165) is 51.4 Å². The number of rotatable bonds is 7. The molecule has 3 heterocycles. The van der Waals surface area contributed by atoms with Gasteiger partial charge in [0.1, 0.15) is 17.3 Å². The van der Waals surface area contributed by atoms with E-state index in [1.54, 1.807) is 18.4 Å². The number of ether oxygens (including phenoxy) is 1. The minimum absolute atomic E-state index is 0.197. The van der Waals surface area contributed by atoms with Crippen molar-refractivity contribution in [2.75, 3.05) is 23.9 Å². The fraction of sp³-hybridized carbons (Fsp3) is 0.240. The van der Waals surface area contributed by atoms with Gasteiger partial charge in [0.25, 0.3) is 0 Å². The molecule has 4 aromatic rings. The molecule has 0 atom stereocenters. The molecular formula is C25H24N4O2S.